The van der Waals surface area contributed by atoms with Crippen LogP contribution in [0.5, 0.6) is 0 Å². The number of alkyl halides is 3. The summed E-state index contributed by atoms with van der Waals surface area (Å²) in [6.07, 6.45) is -5.06. The molecule has 0 aliphatic carbocycles. The predicted octanol–water partition coefficient (Wildman–Crippen LogP) is 2.14. The van der Waals surface area contributed by atoms with E-state index < -0.39 is 30.7 Å². The van der Waals surface area contributed by atoms with Crippen molar-refractivity contribution < 1.29 is 36.3 Å². The Bertz CT molecular complexity index is 440. The van der Waals surface area contributed by atoms with Gasteiger partial charge in [0.2, 0.25) is 0 Å². The quantitative estimate of drug-likeness (QED) is 0.555. The highest BCUT2D eigenvalue weighted by Crippen LogP contribution is 2.63. The molecule has 0 saturated heterocycles. The fraction of sp³-hybridized carbons (Fsp3) is 0.778. The molecule has 0 aromatic carbocycles. The smallest absolute Gasteiger partial charge is 0.430 e. The highest BCUT2D eigenvalue weighted by atomic mass is 31.2. The molecule has 110 valence electrons. The second-order valence-corrected chi connectivity index (χ2v) is 5.40. The number of rotatable bonds is 6. The van der Waals surface area contributed by atoms with E-state index in [4.69, 9.17) is 9.05 Å². The molecule has 0 aromatic rings. The van der Waals surface area contributed by atoms with Gasteiger partial charge in [0.05, 0.1) is 20.3 Å². The first-order valence-electron chi connectivity index (χ1n) is 5.34. The van der Waals surface area contributed by atoms with Gasteiger partial charge in [0, 0.05) is 0 Å². The number of halogens is 3. The Balaban J connectivity index is 3.13. The van der Waals surface area contributed by atoms with E-state index in [0.717, 1.165) is 7.11 Å². The van der Waals surface area contributed by atoms with Crippen molar-refractivity contribution in [2.75, 3.05) is 20.3 Å². The summed E-state index contributed by atoms with van der Waals surface area (Å²) in [6.45, 7) is 2.57. The van der Waals surface area contributed by atoms with Crippen molar-refractivity contribution >= 4 is 19.0 Å². The maximum absolute atomic E-state index is 12.9. The standard InChI is InChI=1S/C9H13F3NO5P/c1-4-17-19(15,18-5-2)6-8(13-6,7(14)16-3)9(10,11)12/h4-5H2,1-3H3. The number of hydrogen-bond donors (Lipinski definition) is 0. The number of carbonyl (C=O) groups excluding carboxylic acids is 1. The van der Waals surface area contributed by atoms with Gasteiger partial charge in [0.1, 0.15) is 0 Å². The number of ether oxygens (including phenoxy) is 1. The summed E-state index contributed by atoms with van der Waals surface area (Å²) in [4.78, 5) is 14.4. The van der Waals surface area contributed by atoms with Crippen LogP contribution < -0.4 is 0 Å². The molecule has 10 heteroatoms. The summed E-state index contributed by atoms with van der Waals surface area (Å²) >= 11 is 0. The third-order valence-corrected chi connectivity index (χ3v) is 4.43. The third-order valence-electron chi connectivity index (χ3n) is 2.30. The monoisotopic (exact) mass is 303 g/mol. The van der Waals surface area contributed by atoms with Gasteiger partial charge >= 0.3 is 25.3 Å². The molecule has 0 N–H and O–H groups in total. The Hall–Kier alpha value is -0.920. The average molecular weight is 303 g/mol. The molecule has 19 heavy (non-hydrogen) atoms. The minimum atomic E-state index is -5.06. The van der Waals surface area contributed by atoms with E-state index in [1.54, 1.807) is 0 Å². The maximum Gasteiger partial charge on any atom is 0.430 e. The molecule has 1 unspecified atom stereocenters. The molecule has 0 radical (unpaired) electrons. The SMILES string of the molecule is CCOP(=O)(OCC)C1=NC1(C(=O)OC)C(F)(F)F. The van der Waals surface area contributed by atoms with E-state index in [1.165, 1.54) is 13.8 Å². The van der Waals surface area contributed by atoms with Crippen LogP contribution in [0.15, 0.2) is 4.99 Å². The molecular formula is C9H13F3NO5P. The zero-order chi connectivity index (χ0) is 14.9. The Kier molecular flexibility index (Phi) is 4.44. The molecule has 0 bridgehead atoms. The number of hydrogen-bond acceptors (Lipinski definition) is 6. The van der Waals surface area contributed by atoms with Crippen molar-refractivity contribution in [2.45, 2.75) is 25.6 Å². The lowest BCUT2D eigenvalue weighted by Gasteiger charge is -2.20. The number of esters is 1. The molecule has 0 spiro atoms. The van der Waals surface area contributed by atoms with E-state index in [0.29, 0.717) is 0 Å². The number of nitrogens with zero attached hydrogens (tertiary/aromatic N) is 1. The molecule has 0 amide bonds. The summed E-state index contributed by atoms with van der Waals surface area (Å²) in [5.74, 6) is -1.66. The minimum Gasteiger partial charge on any atom is -0.467 e. The second-order valence-electron chi connectivity index (χ2n) is 3.47. The Morgan fingerprint density at radius 3 is 2.11 bits per heavy atom. The lowest BCUT2D eigenvalue weighted by atomic mass is 10.1. The van der Waals surface area contributed by atoms with Gasteiger partial charge in [0.25, 0.3) is 0 Å². The second kappa shape index (κ2) is 5.22. The molecule has 1 heterocycles. The van der Waals surface area contributed by atoms with Crippen LogP contribution in [0.4, 0.5) is 13.2 Å². The van der Waals surface area contributed by atoms with Crippen molar-refractivity contribution in [1.82, 2.24) is 0 Å². The summed E-state index contributed by atoms with van der Waals surface area (Å²) in [5.41, 5.74) is -4.19. The van der Waals surface area contributed by atoms with Crippen LogP contribution in [0.1, 0.15) is 13.8 Å². The van der Waals surface area contributed by atoms with Crippen LogP contribution in [0.2, 0.25) is 0 Å². The maximum atomic E-state index is 12.9. The molecule has 6 nitrogen and oxygen atoms in total. The predicted molar refractivity (Wildman–Crippen MR) is 59.1 cm³/mol. The van der Waals surface area contributed by atoms with E-state index in [9.17, 15) is 22.5 Å². The molecule has 1 rings (SSSR count). The van der Waals surface area contributed by atoms with E-state index in [-0.39, 0.29) is 13.2 Å². The first kappa shape index (κ1) is 16.1. The molecule has 0 aromatic heterocycles. The van der Waals surface area contributed by atoms with E-state index >= 15 is 0 Å². The Morgan fingerprint density at radius 1 is 1.32 bits per heavy atom. The summed E-state index contributed by atoms with van der Waals surface area (Å²) in [6, 6.07) is 0. The summed E-state index contributed by atoms with van der Waals surface area (Å²) < 4.78 is 64.6. The van der Waals surface area contributed by atoms with Crippen molar-refractivity contribution in [1.29, 1.82) is 0 Å². The molecule has 1 atom stereocenters. The van der Waals surface area contributed by atoms with Crippen LogP contribution >= 0.6 is 7.60 Å². The molecule has 0 fully saturated rings. The van der Waals surface area contributed by atoms with Crippen LogP contribution in [0.3, 0.4) is 0 Å². The highest BCUT2D eigenvalue weighted by Gasteiger charge is 2.78. The van der Waals surface area contributed by atoms with Gasteiger partial charge in [-0.05, 0) is 13.8 Å². The zero-order valence-corrected chi connectivity index (χ0v) is 11.4. The fourth-order valence-corrected chi connectivity index (χ4v) is 3.37. The zero-order valence-electron chi connectivity index (χ0n) is 10.5. The molecular weight excluding hydrogens is 290 g/mol. The van der Waals surface area contributed by atoms with Crippen molar-refractivity contribution in [3.05, 3.63) is 0 Å². The summed E-state index contributed by atoms with van der Waals surface area (Å²) in [7, 11) is -3.45. The number of aliphatic imine (C=N–C) groups is 1. The van der Waals surface area contributed by atoms with Crippen molar-refractivity contribution in [3.63, 3.8) is 0 Å². The van der Waals surface area contributed by atoms with Crippen LogP contribution in [0, 0.1) is 0 Å². The lowest BCUT2D eigenvalue weighted by molar-refractivity contribution is -0.181. The van der Waals surface area contributed by atoms with Crippen molar-refractivity contribution in [3.8, 4) is 0 Å². The van der Waals surface area contributed by atoms with Gasteiger partial charge in [-0.25, -0.2) is 9.79 Å². The number of carbonyl (C=O) groups is 1. The normalized spacial score (nSPS) is 22.9. The average Bonchev–Trinajstić information content (AvgIpc) is 3.05. The van der Waals surface area contributed by atoms with Gasteiger partial charge in [0.15, 0.2) is 5.45 Å². The Morgan fingerprint density at radius 2 is 1.79 bits per heavy atom. The topological polar surface area (TPSA) is 74.2 Å². The minimum absolute atomic E-state index is 0.147. The van der Waals surface area contributed by atoms with Crippen LogP contribution in [0.25, 0.3) is 0 Å². The van der Waals surface area contributed by atoms with Gasteiger partial charge < -0.3 is 13.8 Å². The highest BCUT2D eigenvalue weighted by molar-refractivity contribution is 7.73. The molecule has 1 aliphatic heterocycles. The van der Waals surface area contributed by atoms with Gasteiger partial charge in [-0.3, -0.25) is 4.57 Å². The first-order chi connectivity index (χ1) is 8.69. The number of methoxy groups -OCH3 is 1. The first-order valence-corrected chi connectivity index (χ1v) is 6.89. The van der Waals surface area contributed by atoms with Crippen LogP contribution in [-0.2, 0) is 23.1 Å². The summed E-state index contributed by atoms with van der Waals surface area (Å²) in [5, 5.41) is 0. The fourth-order valence-electron chi connectivity index (χ4n) is 1.48. The van der Waals surface area contributed by atoms with E-state index in [1.807, 2.05) is 0 Å². The third kappa shape index (κ3) is 2.54. The molecule has 0 saturated carbocycles. The largest absolute Gasteiger partial charge is 0.467 e. The Labute approximate surface area is 107 Å². The lowest BCUT2D eigenvalue weighted by Crippen LogP contribution is -2.46. The van der Waals surface area contributed by atoms with Crippen molar-refractivity contribution in [2.24, 2.45) is 4.99 Å². The van der Waals surface area contributed by atoms with Crippen LogP contribution in [-0.4, -0.2) is 43.5 Å². The van der Waals surface area contributed by atoms with Gasteiger partial charge in [-0.1, -0.05) is 0 Å². The van der Waals surface area contributed by atoms with Gasteiger partial charge in [-0.15, -0.1) is 0 Å². The van der Waals surface area contributed by atoms with Gasteiger partial charge in [-0.2, -0.15) is 13.2 Å². The molecule has 1 aliphatic rings. The van der Waals surface area contributed by atoms with E-state index in [2.05, 4.69) is 9.73 Å².